The molecule has 0 bridgehead atoms. The van der Waals surface area contributed by atoms with Crippen molar-refractivity contribution in [3.8, 4) is 62.1 Å². The smallest absolute Gasteiger partial charge is 0.231 e. The van der Waals surface area contributed by atoms with Gasteiger partial charge in [-0.3, -0.25) is 0 Å². The predicted molar refractivity (Wildman–Crippen MR) is 309 cm³/mol. The van der Waals surface area contributed by atoms with Crippen LogP contribution in [0, 0.1) is 467 Å². The van der Waals surface area contributed by atoms with E-state index in [2.05, 4.69) is 149 Å². The number of ether oxygens (including phenoxy) is 6. The number of phenols is 1. The minimum absolute atomic E-state index is 0. The molecule has 3 aliphatic heterocycles. The number of aryl methyl sites for hydroxylation is 2. The van der Waals surface area contributed by atoms with E-state index in [1.165, 1.54) is 38.2 Å². The second-order valence-electron chi connectivity index (χ2n) is 17.4. The summed E-state index contributed by atoms with van der Waals surface area (Å²) >= 11 is 0. The van der Waals surface area contributed by atoms with Crippen molar-refractivity contribution in [1.29, 1.82) is 0 Å². The normalized spacial score (nSPS) is 13.6. The van der Waals surface area contributed by atoms with Gasteiger partial charge in [0.2, 0.25) is 13.6 Å². The minimum Gasteiger partial charge on any atom is -0.507 e. The van der Waals surface area contributed by atoms with Gasteiger partial charge in [0.15, 0.2) is 28.8 Å². The quantitative estimate of drug-likeness (QED) is 0.172. The molecular weight excluding hydrogens is 1450 g/mol. The molecule has 1 fully saturated rings. The molecule has 8 aromatic carbocycles. The fourth-order valence-electron chi connectivity index (χ4n) is 9.10. The molecule has 25 heteroatoms. The Morgan fingerprint density at radius 1 is 0.420 bits per heavy atom. The fraction of sp³-hybridized carbons (Fsp3) is 0.214. The van der Waals surface area contributed by atoms with Gasteiger partial charge in [-0.1, -0.05) is 122 Å². The molecule has 0 saturated carbocycles. The molecule has 3 heterocycles. The van der Waals surface area contributed by atoms with E-state index in [9.17, 15) is 5.11 Å². The Labute approximate surface area is 853 Å². The standard InChI is InChI=1S/C20H15OP.C14H12O4P2.C14H16P2.C8H17O2P.12Ar/c21-17-11-9-13-5-1-3-7-15(13)19(17)20-16-8-4-2-6-14(16)10-12-18(20)22;19-9-3-1-7-13(17-5-15-7)11(9)12-10(20)4-2-8-14(12)18-6-16-8;1-9-5-3-7-11(15)13(9)14-10(2)6-4-8-12(14)16;1-4-6-7(5-11)10-8(2,3)9-6;;;;;;;;;;;;/h1-12,21H,22H2;1-4H,5-6,19-20H2;3-8H,15-16H2,1-2H3;6-7H,4-5,11H2,1-3H3;;;;;;;;;;;;/t;;;6-,7-;;;;;;;;;;;;/m...0............/s1. The van der Waals surface area contributed by atoms with Crippen LogP contribution in [0.4, 0.5) is 0 Å². The van der Waals surface area contributed by atoms with Crippen molar-refractivity contribution in [3.63, 3.8) is 0 Å². The average Bonchev–Trinajstić information content (AvgIpc) is 4.10. The van der Waals surface area contributed by atoms with Crippen LogP contribution in [0.1, 0.15) is 38.3 Å². The predicted octanol–water partition coefficient (Wildman–Crippen LogP) is 11.4. The number of fused-ring (bicyclic) bond motifs is 4. The number of aromatic hydroxyl groups is 1. The molecule has 0 spiro atoms. The van der Waals surface area contributed by atoms with Crippen LogP contribution in [0.25, 0.3) is 54.9 Å². The van der Waals surface area contributed by atoms with E-state index >= 15 is 0 Å². The molecule has 0 aromatic heterocycles. The largest absolute Gasteiger partial charge is 0.507 e. The summed E-state index contributed by atoms with van der Waals surface area (Å²) in [6, 6.07) is 45.0. The molecule has 0 radical (unpaired) electrons. The van der Waals surface area contributed by atoms with Crippen LogP contribution in [-0.2, 0) is 9.47 Å². The van der Waals surface area contributed by atoms with Gasteiger partial charge in [0, 0.05) is 475 Å². The second kappa shape index (κ2) is 50.3. The summed E-state index contributed by atoms with van der Waals surface area (Å²) in [7, 11) is 16.6. The molecule has 1 N–H and O–H groups in total. The summed E-state index contributed by atoms with van der Waals surface area (Å²) in [5.74, 6) is 2.97. The van der Waals surface area contributed by atoms with E-state index in [1.54, 1.807) is 6.07 Å². The maximum atomic E-state index is 10.5. The van der Waals surface area contributed by atoms with Crippen molar-refractivity contribution in [2.24, 2.45) is 0 Å². The number of hydrogen-bond acceptors (Lipinski definition) is 7. The maximum absolute atomic E-state index is 10.5. The van der Waals surface area contributed by atoms with Crippen LogP contribution in [0.5, 0.6) is 28.7 Å². The SMILES string of the molecule is CC[C@@H]1OC(C)(C)O[C@H]1CP.Cc1cccc(P)c1-c1c(C)cccc1P.Oc1ccc2ccccc2c1-c1c(P)ccc2ccccc12.Pc1ccc2c(c1-c1c(P)ccc3c1OCO3)OCO2.[Ar].[Ar].[Ar].[Ar].[Ar].[Ar].[Ar].[Ar].[Ar].[Ar].[Ar].[Ar]. The van der Waals surface area contributed by atoms with Gasteiger partial charge in [-0.2, -0.15) is 0 Å². The van der Waals surface area contributed by atoms with E-state index in [-0.39, 0.29) is 484 Å². The third-order valence-corrected chi connectivity index (χ3v) is 15.2. The van der Waals surface area contributed by atoms with Gasteiger partial charge in [0.05, 0.1) is 12.2 Å². The topological polar surface area (TPSA) is 75.6 Å². The van der Waals surface area contributed by atoms with Crippen LogP contribution in [0.3, 0.4) is 0 Å². The summed E-state index contributed by atoms with van der Waals surface area (Å²) in [6.07, 6.45) is 2.53. The van der Waals surface area contributed by atoms with Gasteiger partial charge in [-0.25, -0.2) is 0 Å². The molecule has 8 aromatic rings. The van der Waals surface area contributed by atoms with Crippen LogP contribution in [0.2, 0.25) is 0 Å². The Kier molecular flexibility index (Phi) is 62.4. The van der Waals surface area contributed by atoms with Gasteiger partial charge in [-0.05, 0) is 129 Å². The number of phenolic OH excluding ortho intramolecular Hbond substituents is 1. The first-order chi connectivity index (χ1) is 33.2. The molecule has 0 aliphatic carbocycles. The van der Waals surface area contributed by atoms with Crippen molar-refractivity contribution < 1.29 is 486 Å². The monoisotopic (exact) mass is 1510 g/mol. The van der Waals surface area contributed by atoms with Crippen molar-refractivity contribution >= 4 is 104 Å². The molecule has 11 rings (SSSR count). The molecule has 1 saturated heterocycles. The summed E-state index contributed by atoms with van der Waals surface area (Å²) in [5.41, 5.74) is 9.26. The van der Waals surface area contributed by atoms with Gasteiger partial charge in [0.25, 0.3) is 0 Å². The first kappa shape index (κ1) is 101. The molecule has 8 atom stereocenters. The molecule has 0 amide bonds. The van der Waals surface area contributed by atoms with Crippen LogP contribution in [0.15, 0.2) is 133 Å². The molecule has 452 valence electrons. The van der Waals surface area contributed by atoms with E-state index < -0.39 is 0 Å². The van der Waals surface area contributed by atoms with E-state index in [1.807, 2.05) is 68.4 Å². The van der Waals surface area contributed by atoms with Crippen molar-refractivity contribution in [3.05, 3.63) is 145 Å². The van der Waals surface area contributed by atoms with E-state index in [4.69, 9.17) is 28.4 Å². The number of benzene rings is 8. The summed E-state index contributed by atoms with van der Waals surface area (Å²) in [6.45, 7) is 10.9. The Morgan fingerprint density at radius 3 is 1.20 bits per heavy atom. The summed E-state index contributed by atoms with van der Waals surface area (Å²) < 4.78 is 33.5. The Hall–Kier alpha value is 10.9. The van der Waals surface area contributed by atoms with E-state index in [0.717, 1.165) is 89.9 Å². The van der Waals surface area contributed by atoms with Gasteiger partial charge in [0.1, 0.15) is 5.75 Å². The van der Waals surface area contributed by atoms with Crippen LogP contribution in [-0.4, -0.2) is 42.8 Å². The number of rotatable bonds is 5. The molecule has 81 heavy (non-hydrogen) atoms. The Morgan fingerprint density at radius 2 is 0.790 bits per heavy atom. The zero-order valence-electron chi connectivity index (χ0n) is 43.8. The van der Waals surface area contributed by atoms with Gasteiger partial charge >= 0.3 is 0 Å². The van der Waals surface area contributed by atoms with Gasteiger partial charge in [-0.15, -0.1) is 55.4 Å². The Balaban J connectivity index is -0.000000309. The average molecular weight is 1510 g/mol. The van der Waals surface area contributed by atoms with Crippen molar-refractivity contribution in [1.82, 2.24) is 0 Å². The minimum atomic E-state index is -0.373. The first-order valence-electron chi connectivity index (χ1n) is 22.8. The third-order valence-electron chi connectivity index (χ3n) is 12.3. The molecule has 7 nitrogen and oxygen atoms in total. The van der Waals surface area contributed by atoms with Crippen LogP contribution >= 0.6 is 55.4 Å². The molecular formula is C56H60Ar12O7P6. The van der Waals surface area contributed by atoms with Crippen molar-refractivity contribution in [2.45, 2.75) is 59.0 Å². The fourth-order valence-corrected chi connectivity index (χ4v) is 11.6. The molecule has 6 unspecified atom stereocenters. The second-order valence-corrected chi connectivity index (χ2v) is 21.0. The van der Waals surface area contributed by atoms with Crippen molar-refractivity contribution in [2.75, 3.05) is 19.7 Å². The number of hydrogen-bond donors (Lipinski definition) is 1. The third kappa shape index (κ3) is 27.1. The van der Waals surface area contributed by atoms with Crippen LogP contribution < -0.4 is 45.5 Å². The zero-order chi connectivity index (χ0) is 49.0. The zero-order valence-corrected chi connectivity index (χ0v) is 59.2. The maximum Gasteiger partial charge on any atom is 0.231 e. The summed E-state index contributed by atoms with van der Waals surface area (Å²) in [4.78, 5) is 0. The molecule has 3 aliphatic rings. The van der Waals surface area contributed by atoms with E-state index in [0.29, 0.717) is 5.75 Å². The summed E-state index contributed by atoms with van der Waals surface area (Å²) in [5, 5.41) is 20.7. The first-order valence-corrected chi connectivity index (χ1v) is 26.5. The van der Waals surface area contributed by atoms with Gasteiger partial charge < -0.3 is 33.5 Å². The Bertz CT molecular complexity index is 2960.